The van der Waals surface area contributed by atoms with Crippen LogP contribution in [0.25, 0.3) is 4.96 Å². The van der Waals surface area contributed by atoms with Crippen molar-refractivity contribution in [1.82, 2.24) is 9.38 Å². The van der Waals surface area contributed by atoms with Crippen LogP contribution in [0.5, 0.6) is 0 Å². The third kappa shape index (κ3) is 8.73. The quantitative estimate of drug-likeness (QED) is 0.187. The molecular weight excluding hydrogens is 408 g/mol. The van der Waals surface area contributed by atoms with Gasteiger partial charge in [-0.25, -0.2) is 4.98 Å². The molecule has 2 heterocycles. The third-order valence-electron chi connectivity index (χ3n) is 6.54. The van der Waals surface area contributed by atoms with E-state index < -0.39 is 0 Å². The number of thiazole rings is 1. The summed E-state index contributed by atoms with van der Waals surface area (Å²) in [6, 6.07) is 9.33. The van der Waals surface area contributed by atoms with Gasteiger partial charge >= 0.3 is 0 Å². The summed E-state index contributed by atoms with van der Waals surface area (Å²) in [6.07, 6.45) is 25.5. The Labute approximate surface area is 200 Å². The molecule has 0 saturated carbocycles. The Morgan fingerprint density at radius 3 is 1.81 bits per heavy atom. The molecule has 3 heteroatoms. The normalized spacial score (nSPS) is 11.6. The standard InChI is InChI=1S/C29H44N2S/c1-3-5-7-9-10-12-13-15-25-17-19-26(20-18-25)21-22-27-23-31-24-28(32-29(31)30-27)16-14-11-8-6-4-2/h17-20,23-24H,3-16,21-22H2,1-2H3. The summed E-state index contributed by atoms with van der Waals surface area (Å²) in [5.74, 6) is 0. The van der Waals surface area contributed by atoms with Crippen molar-refractivity contribution < 1.29 is 0 Å². The molecule has 176 valence electrons. The van der Waals surface area contributed by atoms with Crippen LogP contribution >= 0.6 is 11.3 Å². The summed E-state index contributed by atoms with van der Waals surface area (Å²) in [5.41, 5.74) is 4.14. The monoisotopic (exact) mass is 452 g/mol. The van der Waals surface area contributed by atoms with Crippen LogP contribution in [-0.4, -0.2) is 9.38 Å². The maximum atomic E-state index is 4.88. The van der Waals surface area contributed by atoms with Gasteiger partial charge in [0.2, 0.25) is 0 Å². The number of aromatic nitrogens is 2. The molecule has 1 aromatic carbocycles. The molecule has 0 saturated heterocycles. The molecule has 0 aliphatic heterocycles. The molecule has 3 aromatic rings. The number of hydrogen-bond donors (Lipinski definition) is 0. The van der Waals surface area contributed by atoms with Gasteiger partial charge in [-0.1, -0.05) is 102 Å². The first-order chi connectivity index (χ1) is 15.8. The highest BCUT2D eigenvalue weighted by atomic mass is 32.1. The average molecular weight is 453 g/mol. The van der Waals surface area contributed by atoms with E-state index in [9.17, 15) is 0 Å². The molecule has 0 radical (unpaired) electrons. The van der Waals surface area contributed by atoms with Crippen molar-refractivity contribution in [3.8, 4) is 0 Å². The summed E-state index contributed by atoms with van der Waals surface area (Å²) in [5, 5.41) is 0. The molecule has 0 atom stereocenters. The molecule has 0 fully saturated rings. The van der Waals surface area contributed by atoms with Crippen molar-refractivity contribution in [2.24, 2.45) is 0 Å². The second-order valence-electron chi connectivity index (χ2n) is 9.47. The molecule has 0 N–H and O–H groups in total. The van der Waals surface area contributed by atoms with Gasteiger partial charge in [0.05, 0.1) is 5.69 Å². The van der Waals surface area contributed by atoms with Gasteiger partial charge in [0.1, 0.15) is 0 Å². The van der Waals surface area contributed by atoms with E-state index in [1.165, 1.54) is 112 Å². The first-order valence-electron chi connectivity index (χ1n) is 13.3. The van der Waals surface area contributed by atoms with Crippen LogP contribution in [0.1, 0.15) is 113 Å². The van der Waals surface area contributed by atoms with Gasteiger partial charge in [0, 0.05) is 17.3 Å². The third-order valence-corrected chi connectivity index (χ3v) is 7.60. The number of rotatable bonds is 17. The van der Waals surface area contributed by atoms with E-state index in [2.05, 4.69) is 54.9 Å². The van der Waals surface area contributed by atoms with Gasteiger partial charge in [-0.15, -0.1) is 11.3 Å². The van der Waals surface area contributed by atoms with E-state index in [0.717, 1.165) is 17.8 Å². The van der Waals surface area contributed by atoms with Gasteiger partial charge in [-0.3, -0.25) is 4.40 Å². The molecule has 32 heavy (non-hydrogen) atoms. The minimum absolute atomic E-state index is 1.03. The first kappa shape index (κ1) is 25.0. The molecule has 0 unspecified atom stereocenters. The van der Waals surface area contributed by atoms with Crippen LogP contribution in [-0.2, 0) is 25.7 Å². The van der Waals surface area contributed by atoms with Crippen LogP contribution < -0.4 is 0 Å². The molecule has 0 aliphatic rings. The number of fused-ring (bicyclic) bond motifs is 1. The molecule has 2 aromatic heterocycles. The lowest BCUT2D eigenvalue weighted by Gasteiger charge is -2.04. The molecule has 2 nitrogen and oxygen atoms in total. The SMILES string of the molecule is CCCCCCCCCc1ccc(CCc2cn3cc(CCCCCCC)sc3n2)cc1. The van der Waals surface area contributed by atoms with Crippen molar-refractivity contribution in [2.45, 2.75) is 117 Å². The van der Waals surface area contributed by atoms with E-state index in [1.54, 1.807) is 0 Å². The van der Waals surface area contributed by atoms with Gasteiger partial charge < -0.3 is 0 Å². The van der Waals surface area contributed by atoms with Crippen LogP contribution in [0.3, 0.4) is 0 Å². The number of aryl methyl sites for hydroxylation is 4. The van der Waals surface area contributed by atoms with Gasteiger partial charge in [0.25, 0.3) is 0 Å². The summed E-state index contributed by atoms with van der Waals surface area (Å²) < 4.78 is 2.24. The van der Waals surface area contributed by atoms with Crippen LogP contribution in [0.15, 0.2) is 36.7 Å². The zero-order chi connectivity index (χ0) is 22.4. The molecule has 0 aliphatic carbocycles. The smallest absolute Gasteiger partial charge is 0.194 e. The van der Waals surface area contributed by atoms with Crippen LogP contribution in [0.4, 0.5) is 0 Å². The Kier molecular flexibility index (Phi) is 11.4. The van der Waals surface area contributed by atoms with Gasteiger partial charge in [0.15, 0.2) is 4.96 Å². The van der Waals surface area contributed by atoms with E-state index in [1.807, 2.05) is 11.3 Å². The van der Waals surface area contributed by atoms with Crippen molar-refractivity contribution in [2.75, 3.05) is 0 Å². The lowest BCUT2D eigenvalue weighted by atomic mass is 10.0. The minimum Gasteiger partial charge on any atom is -0.297 e. The topological polar surface area (TPSA) is 17.3 Å². The van der Waals surface area contributed by atoms with Crippen molar-refractivity contribution in [3.63, 3.8) is 0 Å². The fourth-order valence-electron chi connectivity index (χ4n) is 4.46. The first-order valence-corrected chi connectivity index (χ1v) is 14.1. The Bertz CT molecular complexity index is 843. The highest BCUT2D eigenvalue weighted by Gasteiger charge is 2.07. The van der Waals surface area contributed by atoms with E-state index in [-0.39, 0.29) is 0 Å². The summed E-state index contributed by atoms with van der Waals surface area (Å²) in [7, 11) is 0. The Hall–Kier alpha value is -1.61. The van der Waals surface area contributed by atoms with Crippen molar-refractivity contribution >= 4 is 16.3 Å². The van der Waals surface area contributed by atoms with Gasteiger partial charge in [-0.2, -0.15) is 0 Å². The fourth-order valence-corrected chi connectivity index (χ4v) is 5.48. The second kappa shape index (κ2) is 14.5. The van der Waals surface area contributed by atoms with Crippen LogP contribution in [0.2, 0.25) is 0 Å². The Morgan fingerprint density at radius 1 is 0.625 bits per heavy atom. The summed E-state index contributed by atoms with van der Waals surface area (Å²) in [4.78, 5) is 7.52. The minimum atomic E-state index is 1.03. The highest BCUT2D eigenvalue weighted by Crippen LogP contribution is 2.21. The van der Waals surface area contributed by atoms with E-state index in [4.69, 9.17) is 4.98 Å². The zero-order valence-corrected chi connectivity index (χ0v) is 21.4. The number of unbranched alkanes of at least 4 members (excludes halogenated alkanes) is 10. The summed E-state index contributed by atoms with van der Waals surface area (Å²) >= 11 is 1.87. The number of hydrogen-bond acceptors (Lipinski definition) is 2. The largest absolute Gasteiger partial charge is 0.297 e. The molecule has 0 amide bonds. The molecule has 3 rings (SSSR count). The average Bonchev–Trinajstić information content (AvgIpc) is 3.36. The maximum Gasteiger partial charge on any atom is 0.194 e. The predicted octanol–water partition coefficient (Wildman–Crippen LogP) is 8.99. The summed E-state index contributed by atoms with van der Waals surface area (Å²) in [6.45, 7) is 4.56. The maximum absolute atomic E-state index is 4.88. The van der Waals surface area contributed by atoms with Crippen molar-refractivity contribution in [3.05, 3.63) is 58.4 Å². The highest BCUT2D eigenvalue weighted by molar-refractivity contribution is 7.17. The van der Waals surface area contributed by atoms with Gasteiger partial charge in [-0.05, 0) is 49.7 Å². The number of imidazole rings is 1. The Balaban J connectivity index is 1.35. The number of nitrogens with zero attached hydrogens (tertiary/aromatic N) is 2. The zero-order valence-electron chi connectivity index (χ0n) is 20.6. The molecule has 0 bridgehead atoms. The van der Waals surface area contributed by atoms with E-state index in [0.29, 0.717) is 0 Å². The Morgan fingerprint density at radius 2 is 1.19 bits per heavy atom. The molecular formula is C29H44N2S. The lowest BCUT2D eigenvalue weighted by molar-refractivity contribution is 0.589. The van der Waals surface area contributed by atoms with Crippen LogP contribution in [0, 0.1) is 0 Å². The second-order valence-corrected chi connectivity index (χ2v) is 10.6. The van der Waals surface area contributed by atoms with E-state index >= 15 is 0 Å². The lowest BCUT2D eigenvalue weighted by Crippen LogP contribution is -1.93. The fraction of sp³-hybridized carbons (Fsp3) is 0.621. The molecule has 0 spiro atoms. The number of benzene rings is 1. The van der Waals surface area contributed by atoms with Crippen molar-refractivity contribution in [1.29, 1.82) is 0 Å². The predicted molar refractivity (Wildman–Crippen MR) is 141 cm³/mol.